The first-order valence-electron chi connectivity index (χ1n) is 6.25. The van der Waals surface area contributed by atoms with Gasteiger partial charge in [-0.3, -0.25) is 0 Å². The number of halogens is 2. The number of furan rings is 1. The van der Waals surface area contributed by atoms with Crippen molar-refractivity contribution in [3.8, 4) is 22.8 Å². The Morgan fingerprint density at radius 2 is 1.76 bits per heavy atom. The Kier molecular flexibility index (Phi) is 4.07. The molecule has 2 heterocycles. The van der Waals surface area contributed by atoms with E-state index < -0.39 is 0 Å². The van der Waals surface area contributed by atoms with Crippen LogP contribution in [0.4, 0.5) is 5.82 Å². The smallest absolute Gasteiger partial charge is 0.198 e. The number of anilines is 1. The number of nitrogens with zero attached hydrogens (tertiary/aromatic N) is 2. The van der Waals surface area contributed by atoms with Crippen molar-refractivity contribution >= 4 is 37.7 Å². The fraction of sp³-hybridized carbons (Fsp3) is 0.0667. The van der Waals surface area contributed by atoms with E-state index in [4.69, 9.17) is 4.42 Å². The summed E-state index contributed by atoms with van der Waals surface area (Å²) in [6.45, 7) is 0. The van der Waals surface area contributed by atoms with E-state index in [9.17, 15) is 0 Å². The molecule has 0 saturated carbocycles. The molecule has 0 saturated heterocycles. The van der Waals surface area contributed by atoms with Gasteiger partial charge in [-0.1, -0.05) is 30.3 Å². The average Bonchev–Trinajstić information content (AvgIpc) is 2.95. The van der Waals surface area contributed by atoms with Gasteiger partial charge in [0.1, 0.15) is 5.82 Å². The Bertz CT molecular complexity index is 772. The number of nitrogens with one attached hydrogen (secondary N) is 1. The van der Waals surface area contributed by atoms with Gasteiger partial charge in [-0.05, 0) is 44.0 Å². The van der Waals surface area contributed by atoms with Crippen LogP contribution < -0.4 is 5.32 Å². The first-order valence-corrected chi connectivity index (χ1v) is 7.84. The number of hydrogen-bond acceptors (Lipinski definition) is 4. The molecule has 0 aliphatic heterocycles. The van der Waals surface area contributed by atoms with Gasteiger partial charge < -0.3 is 9.73 Å². The maximum absolute atomic E-state index is 5.55. The van der Waals surface area contributed by atoms with Crippen molar-refractivity contribution in [3.63, 3.8) is 0 Å². The first-order chi connectivity index (χ1) is 10.2. The molecule has 1 aromatic carbocycles. The molecule has 3 aromatic rings. The van der Waals surface area contributed by atoms with E-state index in [0.717, 1.165) is 15.7 Å². The normalized spacial score (nSPS) is 10.6. The summed E-state index contributed by atoms with van der Waals surface area (Å²) in [5.74, 6) is 1.86. The molecule has 106 valence electrons. The second-order valence-electron chi connectivity index (χ2n) is 4.28. The topological polar surface area (TPSA) is 51.0 Å². The van der Waals surface area contributed by atoms with E-state index in [1.807, 2.05) is 49.5 Å². The summed E-state index contributed by atoms with van der Waals surface area (Å²) in [4.78, 5) is 9.10. The van der Waals surface area contributed by atoms with Gasteiger partial charge in [-0.15, -0.1) is 0 Å². The first kappa shape index (κ1) is 14.3. The van der Waals surface area contributed by atoms with Crippen LogP contribution in [0.5, 0.6) is 0 Å². The highest BCUT2D eigenvalue weighted by Crippen LogP contribution is 2.34. The third-order valence-corrected chi connectivity index (χ3v) is 4.11. The summed E-state index contributed by atoms with van der Waals surface area (Å²) in [7, 11) is 1.82. The van der Waals surface area contributed by atoms with Crippen LogP contribution in [0.15, 0.2) is 56.0 Å². The quantitative estimate of drug-likeness (QED) is 0.664. The van der Waals surface area contributed by atoms with Crippen molar-refractivity contribution in [3.05, 3.63) is 51.6 Å². The van der Waals surface area contributed by atoms with Crippen LogP contribution in [0.25, 0.3) is 22.8 Å². The fourth-order valence-electron chi connectivity index (χ4n) is 1.94. The standard InChI is InChI=1S/C15H11Br2N3O/c1-18-15-12(17)13(9-5-3-2-4-6-9)19-14(20-15)10-7-8-11(16)21-10/h2-8H,1H3,(H,18,19,20). The molecule has 4 nitrogen and oxygen atoms in total. The molecular weight excluding hydrogens is 398 g/mol. The van der Waals surface area contributed by atoms with E-state index in [-0.39, 0.29) is 0 Å². The van der Waals surface area contributed by atoms with Gasteiger partial charge in [0, 0.05) is 12.6 Å². The highest BCUT2D eigenvalue weighted by Gasteiger charge is 2.16. The molecule has 0 fully saturated rings. The Labute approximate surface area is 138 Å². The van der Waals surface area contributed by atoms with Crippen LogP contribution in [-0.4, -0.2) is 17.0 Å². The second kappa shape index (κ2) is 5.99. The van der Waals surface area contributed by atoms with Crippen LogP contribution in [0.3, 0.4) is 0 Å². The Balaban J connectivity index is 2.20. The summed E-state index contributed by atoms with van der Waals surface area (Å²) in [5.41, 5.74) is 1.83. The summed E-state index contributed by atoms with van der Waals surface area (Å²) in [6.07, 6.45) is 0. The number of aromatic nitrogens is 2. The lowest BCUT2D eigenvalue weighted by molar-refractivity contribution is 0.551. The lowest BCUT2D eigenvalue weighted by Gasteiger charge is -2.10. The predicted octanol–water partition coefficient (Wildman–Crippen LogP) is 4.97. The zero-order valence-corrected chi connectivity index (χ0v) is 14.3. The van der Waals surface area contributed by atoms with Gasteiger partial charge in [0.25, 0.3) is 0 Å². The van der Waals surface area contributed by atoms with Gasteiger partial charge in [-0.2, -0.15) is 0 Å². The summed E-state index contributed by atoms with van der Waals surface area (Å²) in [6, 6.07) is 13.6. The van der Waals surface area contributed by atoms with Crippen molar-refractivity contribution in [1.29, 1.82) is 0 Å². The van der Waals surface area contributed by atoms with Crippen LogP contribution in [0.2, 0.25) is 0 Å². The minimum atomic E-state index is 0.534. The lowest BCUT2D eigenvalue weighted by atomic mass is 10.1. The Morgan fingerprint density at radius 3 is 2.38 bits per heavy atom. The Hall–Kier alpha value is -1.66. The van der Waals surface area contributed by atoms with Gasteiger partial charge >= 0.3 is 0 Å². The van der Waals surface area contributed by atoms with Crippen LogP contribution in [0.1, 0.15) is 0 Å². The van der Waals surface area contributed by atoms with E-state index in [1.54, 1.807) is 0 Å². The molecule has 6 heteroatoms. The zero-order valence-electron chi connectivity index (χ0n) is 11.1. The highest BCUT2D eigenvalue weighted by atomic mass is 79.9. The molecule has 0 unspecified atom stereocenters. The zero-order chi connectivity index (χ0) is 14.8. The van der Waals surface area contributed by atoms with Crippen molar-refractivity contribution in [2.24, 2.45) is 0 Å². The van der Waals surface area contributed by atoms with Crippen molar-refractivity contribution in [2.45, 2.75) is 0 Å². The van der Waals surface area contributed by atoms with Crippen LogP contribution in [0, 0.1) is 0 Å². The van der Waals surface area contributed by atoms with Crippen molar-refractivity contribution in [1.82, 2.24) is 9.97 Å². The molecule has 0 aliphatic carbocycles. The van der Waals surface area contributed by atoms with Gasteiger partial charge in [0.2, 0.25) is 0 Å². The van der Waals surface area contributed by atoms with Crippen LogP contribution >= 0.6 is 31.9 Å². The summed E-state index contributed by atoms with van der Waals surface area (Å²) < 4.78 is 7.02. The molecule has 0 amide bonds. The molecule has 0 spiro atoms. The Morgan fingerprint density at radius 1 is 1.00 bits per heavy atom. The average molecular weight is 409 g/mol. The van der Waals surface area contributed by atoms with Gasteiger partial charge in [0.05, 0.1) is 10.2 Å². The molecule has 21 heavy (non-hydrogen) atoms. The molecule has 2 aromatic heterocycles. The third kappa shape index (κ3) is 2.87. The molecule has 0 atom stereocenters. The molecule has 0 radical (unpaired) electrons. The monoisotopic (exact) mass is 407 g/mol. The number of rotatable bonds is 3. The number of hydrogen-bond donors (Lipinski definition) is 1. The molecule has 1 N–H and O–H groups in total. The maximum atomic E-state index is 5.55. The fourth-order valence-corrected chi connectivity index (χ4v) is 2.86. The minimum absolute atomic E-state index is 0.534. The largest absolute Gasteiger partial charge is 0.446 e. The van der Waals surface area contributed by atoms with E-state index in [1.165, 1.54) is 0 Å². The third-order valence-electron chi connectivity index (χ3n) is 2.93. The summed E-state index contributed by atoms with van der Waals surface area (Å²) >= 11 is 6.86. The molecule has 0 bridgehead atoms. The van der Waals surface area contributed by atoms with Crippen LogP contribution in [-0.2, 0) is 0 Å². The molecular formula is C15H11Br2N3O. The minimum Gasteiger partial charge on any atom is -0.446 e. The molecule has 3 rings (SSSR count). The van der Waals surface area contributed by atoms with E-state index in [0.29, 0.717) is 22.1 Å². The van der Waals surface area contributed by atoms with Gasteiger partial charge in [0.15, 0.2) is 16.3 Å². The number of benzene rings is 1. The summed E-state index contributed by atoms with van der Waals surface area (Å²) in [5, 5.41) is 3.07. The SMILES string of the molecule is CNc1nc(-c2ccc(Br)o2)nc(-c2ccccc2)c1Br. The maximum Gasteiger partial charge on any atom is 0.198 e. The van der Waals surface area contributed by atoms with Crippen molar-refractivity contribution in [2.75, 3.05) is 12.4 Å². The lowest BCUT2D eigenvalue weighted by Crippen LogP contribution is -2.00. The highest BCUT2D eigenvalue weighted by molar-refractivity contribution is 9.10. The predicted molar refractivity (Wildman–Crippen MR) is 90.1 cm³/mol. The van der Waals surface area contributed by atoms with E-state index in [2.05, 4.69) is 47.1 Å². The van der Waals surface area contributed by atoms with Crippen molar-refractivity contribution < 1.29 is 4.42 Å². The van der Waals surface area contributed by atoms with Gasteiger partial charge in [-0.25, -0.2) is 9.97 Å². The second-order valence-corrected chi connectivity index (χ2v) is 5.85. The molecule has 0 aliphatic rings. The van der Waals surface area contributed by atoms with E-state index >= 15 is 0 Å².